The molecule has 48 heavy (non-hydrogen) atoms. The number of alkyl carbamates (subject to hydrolysis) is 1. The van der Waals surface area contributed by atoms with Crippen molar-refractivity contribution in [2.75, 3.05) is 25.1 Å². The van der Waals surface area contributed by atoms with Crippen molar-refractivity contribution in [3.63, 3.8) is 0 Å². The van der Waals surface area contributed by atoms with E-state index in [2.05, 4.69) is 84.7 Å². The van der Waals surface area contributed by atoms with Crippen LogP contribution in [0.25, 0.3) is 11.1 Å². The Kier molecular flexibility index (Phi) is 11.5. The molecule has 0 aliphatic heterocycles. The number of carbonyl (C=O) groups is 2. The maximum absolute atomic E-state index is 14.4. The summed E-state index contributed by atoms with van der Waals surface area (Å²) >= 11 is 0. The first-order valence-corrected chi connectivity index (χ1v) is 18.0. The van der Waals surface area contributed by atoms with Crippen LogP contribution in [0.4, 0.5) is 10.5 Å². The van der Waals surface area contributed by atoms with E-state index >= 15 is 0 Å². The number of hydrogen-bond acceptors (Lipinski definition) is 5. The van der Waals surface area contributed by atoms with Crippen LogP contribution in [0.2, 0.25) is 0 Å². The lowest BCUT2D eigenvalue weighted by Crippen LogP contribution is -2.42. The summed E-state index contributed by atoms with van der Waals surface area (Å²) in [5.41, 5.74) is 5.17. The number of aryl methyl sites for hydroxylation is 1. The molecule has 2 saturated carbocycles. The van der Waals surface area contributed by atoms with Gasteiger partial charge in [0.25, 0.3) is 0 Å². The van der Waals surface area contributed by atoms with Gasteiger partial charge in [-0.1, -0.05) is 24.3 Å². The Balaban J connectivity index is 1.28. The standard InChI is InChI=1S/C40H56N4O4/c1-27(2)44-26-35(24-42-44)33-9-8-10-36(22-33)43(25-30-13-15-31(16-14-30)34-19-20-37(47-7)28(3)21-34)38(45)32-17-11-29(12-18-32)23-41-39(46)48-40(4,5)6/h8-10,19-22,24,26-27,29-32H,11-18,23,25H2,1-7H3,(H,41,46). The van der Waals surface area contributed by atoms with E-state index in [1.54, 1.807) is 7.11 Å². The minimum Gasteiger partial charge on any atom is -0.496 e. The molecule has 2 aromatic carbocycles. The molecule has 8 nitrogen and oxygen atoms in total. The Labute approximate surface area is 287 Å². The first kappa shape index (κ1) is 35.5. The van der Waals surface area contributed by atoms with Crippen LogP contribution in [-0.4, -0.2) is 47.6 Å². The molecule has 0 saturated heterocycles. The number of carbonyl (C=O) groups excluding carboxylic acids is 2. The number of ether oxygens (including phenoxy) is 2. The molecule has 3 aromatic rings. The first-order chi connectivity index (χ1) is 22.9. The van der Waals surface area contributed by atoms with Crippen LogP contribution in [0.1, 0.15) is 109 Å². The van der Waals surface area contributed by atoms with E-state index in [0.717, 1.165) is 80.5 Å². The van der Waals surface area contributed by atoms with Crippen LogP contribution in [0.15, 0.2) is 54.9 Å². The number of amides is 2. The molecule has 0 spiro atoms. The van der Waals surface area contributed by atoms with Gasteiger partial charge in [0.05, 0.1) is 13.3 Å². The number of rotatable bonds is 10. The quantitative estimate of drug-likeness (QED) is 0.235. The zero-order valence-corrected chi connectivity index (χ0v) is 30.1. The lowest BCUT2D eigenvalue weighted by molar-refractivity contribution is -0.123. The van der Waals surface area contributed by atoms with Gasteiger partial charge in [0, 0.05) is 42.5 Å². The maximum Gasteiger partial charge on any atom is 0.407 e. The highest BCUT2D eigenvalue weighted by molar-refractivity contribution is 5.95. The van der Waals surface area contributed by atoms with Gasteiger partial charge in [-0.05, 0) is 146 Å². The summed E-state index contributed by atoms with van der Waals surface area (Å²) in [5, 5.41) is 7.50. The summed E-state index contributed by atoms with van der Waals surface area (Å²) in [5.74, 6) is 2.50. The number of nitrogens with one attached hydrogen (secondary N) is 1. The second-order valence-corrected chi connectivity index (χ2v) is 15.3. The van der Waals surface area contributed by atoms with Crippen molar-refractivity contribution in [2.45, 2.75) is 110 Å². The van der Waals surface area contributed by atoms with Gasteiger partial charge < -0.3 is 19.7 Å². The zero-order chi connectivity index (χ0) is 34.4. The number of anilines is 1. The Morgan fingerprint density at radius 3 is 2.29 bits per heavy atom. The van der Waals surface area contributed by atoms with Crippen LogP contribution in [0.3, 0.4) is 0 Å². The van der Waals surface area contributed by atoms with E-state index in [1.165, 1.54) is 11.1 Å². The van der Waals surface area contributed by atoms with E-state index in [-0.39, 0.29) is 24.0 Å². The van der Waals surface area contributed by atoms with Gasteiger partial charge in [0.1, 0.15) is 11.4 Å². The lowest BCUT2D eigenvalue weighted by Gasteiger charge is -2.36. The van der Waals surface area contributed by atoms with Crippen LogP contribution < -0.4 is 15.0 Å². The van der Waals surface area contributed by atoms with Crippen molar-refractivity contribution in [3.05, 3.63) is 66.0 Å². The van der Waals surface area contributed by atoms with Gasteiger partial charge in [0.2, 0.25) is 5.91 Å². The summed E-state index contributed by atoms with van der Waals surface area (Å²) < 4.78 is 12.9. The largest absolute Gasteiger partial charge is 0.496 e. The molecule has 1 N–H and O–H groups in total. The minimum atomic E-state index is -0.516. The van der Waals surface area contributed by atoms with E-state index < -0.39 is 5.60 Å². The molecule has 8 heteroatoms. The third-order valence-electron chi connectivity index (χ3n) is 10.2. The smallest absolute Gasteiger partial charge is 0.407 e. The fraction of sp³-hybridized carbons (Fsp3) is 0.575. The van der Waals surface area contributed by atoms with Crippen LogP contribution in [0.5, 0.6) is 5.75 Å². The SMILES string of the molecule is COc1ccc(C2CCC(CN(C(=O)C3CCC(CNC(=O)OC(C)(C)C)CC3)c3cccc(-c4cnn(C(C)C)c4)c3)CC2)cc1C. The summed E-state index contributed by atoms with van der Waals surface area (Å²) in [6.45, 7) is 13.3. The van der Waals surface area contributed by atoms with Crippen molar-refractivity contribution in [2.24, 2.45) is 17.8 Å². The van der Waals surface area contributed by atoms with E-state index in [9.17, 15) is 9.59 Å². The Bertz CT molecular complexity index is 1520. The first-order valence-electron chi connectivity index (χ1n) is 18.0. The minimum absolute atomic E-state index is 0.0197. The van der Waals surface area contributed by atoms with Gasteiger partial charge in [0.15, 0.2) is 0 Å². The van der Waals surface area contributed by atoms with Gasteiger partial charge in [-0.3, -0.25) is 9.48 Å². The molecule has 0 bridgehead atoms. The summed E-state index contributed by atoms with van der Waals surface area (Å²) in [4.78, 5) is 28.7. The predicted octanol–water partition coefficient (Wildman–Crippen LogP) is 9.09. The van der Waals surface area contributed by atoms with Crippen LogP contribution >= 0.6 is 0 Å². The second-order valence-electron chi connectivity index (χ2n) is 15.3. The highest BCUT2D eigenvalue weighted by Crippen LogP contribution is 2.39. The highest BCUT2D eigenvalue weighted by atomic mass is 16.6. The Hall–Kier alpha value is -3.81. The number of benzene rings is 2. The topological polar surface area (TPSA) is 85.7 Å². The predicted molar refractivity (Wildman–Crippen MR) is 193 cm³/mol. The fourth-order valence-corrected chi connectivity index (χ4v) is 7.41. The second kappa shape index (κ2) is 15.6. The van der Waals surface area contributed by atoms with Crippen LogP contribution in [-0.2, 0) is 9.53 Å². The zero-order valence-electron chi connectivity index (χ0n) is 30.1. The number of nitrogens with zero attached hydrogens (tertiary/aromatic N) is 3. The van der Waals surface area contributed by atoms with E-state index in [1.807, 2.05) is 31.6 Å². The van der Waals surface area contributed by atoms with Gasteiger partial charge in [-0.25, -0.2) is 4.79 Å². The molecule has 0 radical (unpaired) electrons. The molecule has 0 atom stereocenters. The van der Waals surface area contributed by atoms with Crippen molar-refractivity contribution in [1.82, 2.24) is 15.1 Å². The molecule has 1 heterocycles. The Morgan fingerprint density at radius 2 is 1.67 bits per heavy atom. The third-order valence-corrected chi connectivity index (χ3v) is 10.2. The van der Waals surface area contributed by atoms with E-state index in [4.69, 9.17) is 9.47 Å². The molecule has 2 amide bonds. The average Bonchev–Trinajstić information content (AvgIpc) is 3.57. The van der Waals surface area contributed by atoms with Crippen LogP contribution in [0, 0.1) is 24.7 Å². The molecule has 2 aliphatic carbocycles. The number of methoxy groups -OCH3 is 1. The van der Waals surface area contributed by atoms with Crippen molar-refractivity contribution < 1.29 is 19.1 Å². The molecule has 260 valence electrons. The monoisotopic (exact) mass is 656 g/mol. The fourth-order valence-electron chi connectivity index (χ4n) is 7.41. The Morgan fingerprint density at radius 1 is 0.958 bits per heavy atom. The molecule has 5 rings (SSSR count). The molecule has 2 fully saturated rings. The van der Waals surface area contributed by atoms with Crippen molar-refractivity contribution >= 4 is 17.7 Å². The molecular weight excluding hydrogens is 600 g/mol. The molecule has 1 aromatic heterocycles. The van der Waals surface area contributed by atoms with E-state index in [0.29, 0.717) is 24.3 Å². The third kappa shape index (κ3) is 9.20. The molecule has 2 aliphatic rings. The molecular formula is C40H56N4O4. The normalized spacial score (nSPS) is 21.5. The number of hydrogen-bond donors (Lipinski definition) is 1. The van der Waals surface area contributed by atoms with Crippen molar-refractivity contribution in [3.8, 4) is 16.9 Å². The van der Waals surface area contributed by atoms with Gasteiger partial charge in [-0.15, -0.1) is 0 Å². The summed E-state index contributed by atoms with van der Waals surface area (Å²) in [6, 6.07) is 15.3. The van der Waals surface area contributed by atoms with Gasteiger partial charge >= 0.3 is 6.09 Å². The maximum atomic E-state index is 14.4. The number of aromatic nitrogens is 2. The molecule has 0 unspecified atom stereocenters. The lowest BCUT2D eigenvalue weighted by atomic mass is 9.77. The highest BCUT2D eigenvalue weighted by Gasteiger charge is 2.33. The summed E-state index contributed by atoms with van der Waals surface area (Å²) in [6.07, 6.45) is 11.6. The summed E-state index contributed by atoms with van der Waals surface area (Å²) in [7, 11) is 1.73. The van der Waals surface area contributed by atoms with Crippen molar-refractivity contribution in [1.29, 1.82) is 0 Å². The average molecular weight is 657 g/mol. The van der Waals surface area contributed by atoms with Gasteiger partial charge in [-0.2, -0.15) is 5.10 Å².